The van der Waals surface area contributed by atoms with E-state index in [1.54, 1.807) is 24.3 Å². The molecule has 0 aromatic heterocycles. The number of esters is 2. The zero-order chi connectivity index (χ0) is 15.2. The number of benzene rings is 2. The fourth-order valence-electron chi connectivity index (χ4n) is 1.71. The van der Waals surface area contributed by atoms with Crippen molar-refractivity contribution in [3.8, 4) is 5.75 Å². The van der Waals surface area contributed by atoms with Crippen LogP contribution in [0.3, 0.4) is 0 Å². The maximum absolute atomic E-state index is 11.8. The lowest BCUT2D eigenvalue weighted by Crippen LogP contribution is -2.11. The zero-order valence-corrected chi connectivity index (χ0v) is 12.9. The summed E-state index contributed by atoms with van der Waals surface area (Å²) in [5.74, 6) is -0.393. The van der Waals surface area contributed by atoms with Gasteiger partial charge in [0.1, 0.15) is 5.75 Å². The fraction of sp³-hybridized carbons (Fsp3) is 0.125. The van der Waals surface area contributed by atoms with E-state index >= 15 is 0 Å². The van der Waals surface area contributed by atoms with Gasteiger partial charge in [-0.25, -0.2) is 4.79 Å². The Labute approximate surface area is 130 Å². The molecule has 0 heterocycles. The van der Waals surface area contributed by atoms with Gasteiger partial charge in [0.2, 0.25) is 0 Å². The van der Waals surface area contributed by atoms with Crippen molar-refractivity contribution < 1.29 is 19.1 Å². The largest absolute Gasteiger partial charge is 0.465 e. The molecule has 0 saturated heterocycles. The predicted molar refractivity (Wildman–Crippen MR) is 81.3 cm³/mol. The van der Waals surface area contributed by atoms with Crippen LogP contribution in [0.5, 0.6) is 5.75 Å². The summed E-state index contributed by atoms with van der Waals surface area (Å²) in [7, 11) is 1.31. The summed E-state index contributed by atoms with van der Waals surface area (Å²) in [5.41, 5.74) is 1.28. The Kier molecular flexibility index (Phi) is 5.11. The minimum Gasteiger partial charge on any atom is -0.465 e. The van der Waals surface area contributed by atoms with Crippen molar-refractivity contribution >= 4 is 27.9 Å². The Hall–Kier alpha value is -2.14. The second kappa shape index (κ2) is 7.04. The average Bonchev–Trinajstić information content (AvgIpc) is 2.49. The molecule has 0 aliphatic carbocycles. The first-order chi connectivity index (χ1) is 10.1. The molecule has 21 heavy (non-hydrogen) atoms. The van der Waals surface area contributed by atoms with Crippen molar-refractivity contribution in [2.45, 2.75) is 6.42 Å². The summed E-state index contributed by atoms with van der Waals surface area (Å²) >= 11 is 3.34. The fourth-order valence-corrected chi connectivity index (χ4v) is 1.98. The van der Waals surface area contributed by atoms with Gasteiger partial charge in [-0.1, -0.05) is 28.1 Å². The van der Waals surface area contributed by atoms with Crippen molar-refractivity contribution in [3.05, 3.63) is 64.1 Å². The SMILES string of the molecule is COC(=O)c1ccc(OC(=O)Cc2ccc(Br)cc2)cc1. The molecule has 0 aliphatic heterocycles. The van der Waals surface area contributed by atoms with Crippen molar-refractivity contribution in [3.63, 3.8) is 0 Å². The van der Waals surface area contributed by atoms with Crippen LogP contribution < -0.4 is 4.74 Å². The topological polar surface area (TPSA) is 52.6 Å². The third-order valence-electron chi connectivity index (χ3n) is 2.77. The number of methoxy groups -OCH3 is 1. The van der Waals surface area contributed by atoms with E-state index in [0.717, 1.165) is 10.0 Å². The highest BCUT2D eigenvalue weighted by atomic mass is 79.9. The van der Waals surface area contributed by atoms with Crippen molar-refractivity contribution in [1.29, 1.82) is 0 Å². The van der Waals surface area contributed by atoms with E-state index in [4.69, 9.17) is 4.74 Å². The van der Waals surface area contributed by atoms with Gasteiger partial charge in [0.05, 0.1) is 19.1 Å². The molecule has 0 unspecified atom stereocenters. The molecule has 2 aromatic rings. The molecular formula is C16H13BrO4. The Bertz CT molecular complexity index is 632. The van der Waals surface area contributed by atoms with Gasteiger partial charge in [0.15, 0.2) is 0 Å². The lowest BCUT2D eigenvalue weighted by molar-refractivity contribution is -0.133. The van der Waals surface area contributed by atoms with E-state index in [-0.39, 0.29) is 12.4 Å². The summed E-state index contributed by atoms with van der Waals surface area (Å²) in [6.45, 7) is 0. The monoisotopic (exact) mass is 348 g/mol. The van der Waals surface area contributed by atoms with E-state index in [0.29, 0.717) is 11.3 Å². The van der Waals surface area contributed by atoms with Crippen LogP contribution in [0.1, 0.15) is 15.9 Å². The van der Waals surface area contributed by atoms with Gasteiger partial charge in [-0.15, -0.1) is 0 Å². The van der Waals surface area contributed by atoms with Crippen molar-refractivity contribution in [2.75, 3.05) is 7.11 Å². The first-order valence-electron chi connectivity index (χ1n) is 6.22. The number of carbonyl (C=O) groups is 2. The van der Waals surface area contributed by atoms with Crippen LogP contribution in [-0.4, -0.2) is 19.0 Å². The van der Waals surface area contributed by atoms with E-state index < -0.39 is 5.97 Å². The number of rotatable bonds is 4. The van der Waals surface area contributed by atoms with Crippen LogP contribution in [0.15, 0.2) is 53.0 Å². The summed E-state index contributed by atoms with van der Waals surface area (Å²) in [6, 6.07) is 13.7. The summed E-state index contributed by atoms with van der Waals surface area (Å²) in [6.07, 6.45) is 0.187. The first-order valence-corrected chi connectivity index (χ1v) is 7.01. The summed E-state index contributed by atoms with van der Waals surface area (Å²) in [4.78, 5) is 23.1. The van der Waals surface area contributed by atoms with Crippen LogP contribution in [0.2, 0.25) is 0 Å². The number of ether oxygens (including phenoxy) is 2. The Morgan fingerprint density at radius 2 is 1.62 bits per heavy atom. The molecule has 0 spiro atoms. The van der Waals surface area contributed by atoms with Gasteiger partial charge < -0.3 is 9.47 Å². The van der Waals surface area contributed by atoms with Crippen molar-refractivity contribution in [2.24, 2.45) is 0 Å². The molecule has 4 nitrogen and oxygen atoms in total. The normalized spacial score (nSPS) is 10.0. The molecule has 0 aliphatic rings. The minimum atomic E-state index is -0.428. The molecule has 0 saturated carbocycles. The molecule has 2 rings (SSSR count). The van der Waals surface area contributed by atoms with Gasteiger partial charge in [-0.3, -0.25) is 4.79 Å². The van der Waals surface area contributed by atoms with Gasteiger partial charge >= 0.3 is 11.9 Å². The summed E-state index contributed by atoms with van der Waals surface area (Å²) < 4.78 is 10.8. The van der Waals surface area contributed by atoms with Crippen LogP contribution in [0, 0.1) is 0 Å². The summed E-state index contributed by atoms with van der Waals surface area (Å²) in [5, 5.41) is 0. The molecule has 108 valence electrons. The number of hydrogen-bond donors (Lipinski definition) is 0. The third-order valence-corrected chi connectivity index (χ3v) is 3.30. The highest BCUT2D eigenvalue weighted by Gasteiger charge is 2.08. The van der Waals surface area contributed by atoms with Gasteiger partial charge in [-0.2, -0.15) is 0 Å². The molecule has 2 aromatic carbocycles. The van der Waals surface area contributed by atoms with Crippen molar-refractivity contribution in [1.82, 2.24) is 0 Å². The maximum atomic E-state index is 11.8. The van der Waals surface area contributed by atoms with Gasteiger partial charge in [0, 0.05) is 4.47 Å². The molecule has 5 heteroatoms. The molecule has 0 N–H and O–H groups in total. The van der Waals surface area contributed by atoms with E-state index in [1.165, 1.54) is 7.11 Å². The number of halogens is 1. The van der Waals surface area contributed by atoms with Crippen LogP contribution in [0.4, 0.5) is 0 Å². The smallest absolute Gasteiger partial charge is 0.337 e. The molecule has 0 bridgehead atoms. The van der Waals surface area contributed by atoms with Crippen LogP contribution in [-0.2, 0) is 16.0 Å². The Balaban J connectivity index is 1.96. The van der Waals surface area contributed by atoms with E-state index in [1.807, 2.05) is 24.3 Å². The quantitative estimate of drug-likeness (QED) is 0.627. The number of carbonyl (C=O) groups excluding carboxylic acids is 2. The lowest BCUT2D eigenvalue weighted by atomic mass is 10.1. The standard InChI is InChI=1S/C16H13BrO4/c1-20-16(19)12-4-8-14(9-5-12)21-15(18)10-11-2-6-13(17)7-3-11/h2-9H,10H2,1H3. The third kappa shape index (κ3) is 4.43. The van der Waals surface area contributed by atoms with Crippen LogP contribution in [0.25, 0.3) is 0 Å². The second-order valence-corrected chi connectivity index (χ2v) is 5.21. The highest BCUT2D eigenvalue weighted by Crippen LogP contribution is 2.15. The Morgan fingerprint density at radius 1 is 1.00 bits per heavy atom. The van der Waals surface area contributed by atoms with E-state index in [9.17, 15) is 9.59 Å². The predicted octanol–water partition coefficient (Wildman–Crippen LogP) is 3.38. The average molecular weight is 349 g/mol. The zero-order valence-electron chi connectivity index (χ0n) is 11.3. The van der Waals surface area contributed by atoms with Gasteiger partial charge in [-0.05, 0) is 42.0 Å². The number of hydrogen-bond acceptors (Lipinski definition) is 4. The second-order valence-electron chi connectivity index (χ2n) is 4.29. The molecular weight excluding hydrogens is 336 g/mol. The highest BCUT2D eigenvalue weighted by molar-refractivity contribution is 9.10. The maximum Gasteiger partial charge on any atom is 0.337 e. The molecule has 0 radical (unpaired) electrons. The molecule has 0 amide bonds. The molecule has 0 fully saturated rings. The Morgan fingerprint density at radius 3 is 2.19 bits per heavy atom. The minimum absolute atomic E-state index is 0.187. The van der Waals surface area contributed by atoms with Crippen LogP contribution >= 0.6 is 15.9 Å². The van der Waals surface area contributed by atoms with Gasteiger partial charge in [0.25, 0.3) is 0 Å². The lowest BCUT2D eigenvalue weighted by Gasteiger charge is -2.05. The molecule has 0 atom stereocenters. The first kappa shape index (κ1) is 15.3. The van der Waals surface area contributed by atoms with E-state index in [2.05, 4.69) is 20.7 Å².